The highest BCUT2D eigenvalue weighted by Gasteiger charge is 2.35. The maximum absolute atomic E-state index is 12.6. The molecule has 0 saturated heterocycles. The molecule has 2 aliphatic carbocycles. The normalized spacial score (nSPS) is 16.4. The van der Waals surface area contributed by atoms with Gasteiger partial charge in [0.05, 0.1) is 15.4 Å². The molecule has 0 radical (unpaired) electrons. The number of nitrogens with zero attached hydrogens (tertiary/aromatic N) is 2. The van der Waals surface area contributed by atoms with Crippen molar-refractivity contribution in [2.24, 2.45) is 0 Å². The standard InChI is InChI=1S/C19H22N2O5S/c1-27-17-10-7-13(11-16(17)21(24)25)19(23)26-12-18(22)20(15-8-9-15)14-5-3-2-4-6-14/h5,7,10-11,15H,2-4,6,8-9,12H2,1H3. The number of amides is 1. The van der Waals surface area contributed by atoms with Crippen LogP contribution in [0.2, 0.25) is 0 Å². The number of allylic oxidation sites excluding steroid dienone is 2. The van der Waals surface area contributed by atoms with Crippen LogP contribution >= 0.6 is 11.8 Å². The Labute approximate surface area is 161 Å². The Morgan fingerprint density at radius 2 is 2.11 bits per heavy atom. The fourth-order valence-corrected chi connectivity index (χ4v) is 3.76. The van der Waals surface area contributed by atoms with Gasteiger partial charge in [-0.05, 0) is 56.9 Å². The second-order valence-corrected chi connectivity index (χ2v) is 7.50. The minimum absolute atomic E-state index is 0.0714. The van der Waals surface area contributed by atoms with E-state index in [1.165, 1.54) is 30.0 Å². The number of nitro benzene ring substituents is 1. The molecule has 1 aromatic carbocycles. The van der Waals surface area contributed by atoms with Crippen molar-refractivity contribution >= 4 is 29.3 Å². The highest BCUT2D eigenvalue weighted by atomic mass is 32.2. The first kappa shape index (κ1) is 19.4. The minimum Gasteiger partial charge on any atom is -0.452 e. The zero-order chi connectivity index (χ0) is 19.4. The summed E-state index contributed by atoms with van der Waals surface area (Å²) in [6, 6.07) is 4.40. The van der Waals surface area contributed by atoms with Gasteiger partial charge < -0.3 is 9.64 Å². The first-order valence-electron chi connectivity index (χ1n) is 9.02. The van der Waals surface area contributed by atoms with Gasteiger partial charge in [0.25, 0.3) is 11.6 Å². The zero-order valence-electron chi connectivity index (χ0n) is 15.2. The average Bonchev–Trinajstić information content (AvgIpc) is 3.51. The van der Waals surface area contributed by atoms with E-state index < -0.39 is 10.9 Å². The molecule has 1 fully saturated rings. The molecule has 27 heavy (non-hydrogen) atoms. The summed E-state index contributed by atoms with van der Waals surface area (Å²) in [4.78, 5) is 37.8. The Kier molecular flexibility index (Phi) is 6.15. The van der Waals surface area contributed by atoms with Gasteiger partial charge in [-0.2, -0.15) is 0 Å². The zero-order valence-corrected chi connectivity index (χ0v) is 16.0. The lowest BCUT2D eigenvalue weighted by Crippen LogP contribution is -2.36. The molecule has 7 nitrogen and oxygen atoms in total. The molecular weight excluding hydrogens is 368 g/mol. The molecule has 0 bridgehead atoms. The number of thioether (sulfide) groups is 1. The molecule has 144 valence electrons. The van der Waals surface area contributed by atoms with E-state index in [9.17, 15) is 19.7 Å². The van der Waals surface area contributed by atoms with Gasteiger partial charge in [0.1, 0.15) is 0 Å². The van der Waals surface area contributed by atoms with Crippen molar-refractivity contribution in [1.29, 1.82) is 0 Å². The molecule has 0 aliphatic heterocycles. The van der Waals surface area contributed by atoms with Gasteiger partial charge in [0.15, 0.2) is 6.61 Å². The highest BCUT2D eigenvalue weighted by Crippen LogP contribution is 2.34. The third-order valence-electron chi connectivity index (χ3n) is 4.70. The Bertz CT molecular complexity index is 788. The summed E-state index contributed by atoms with van der Waals surface area (Å²) in [6.45, 7) is -0.356. The van der Waals surface area contributed by atoms with Gasteiger partial charge in [-0.25, -0.2) is 4.79 Å². The summed E-state index contributed by atoms with van der Waals surface area (Å²) in [7, 11) is 0. The maximum Gasteiger partial charge on any atom is 0.338 e. The number of ether oxygens (including phenoxy) is 1. The Hall–Kier alpha value is -2.35. The number of rotatable bonds is 7. The van der Waals surface area contributed by atoms with Crippen molar-refractivity contribution in [3.63, 3.8) is 0 Å². The van der Waals surface area contributed by atoms with E-state index in [4.69, 9.17) is 4.74 Å². The van der Waals surface area contributed by atoms with Crippen LogP contribution in [0, 0.1) is 10.1 Å². The summed E-state index contributed by atoms with van der Waals surface area (Å²) in [5, 5.41) is 11.1. The van der Waals surface area contributed by atoms with Crippen molar-refractivity contribution in [3.05, 3.63) is 45.6 Å². The molecule has 0 N–H and O–H groups in total. The SMILES string of the molecule is CSc1ccc(C(=O)OCC(=O)N(C2=CCCCC2)C2CC2)cc1[N+](=O)[O-]. The Balaban J connectivity index is 1.66. The molecule has 1 saturated carbocycles. The number of carbonyl (C=O) groups excluding carboxylic acids is 2. The summed E-state index contributed by atoms with van der Waals surface area (Å²) in [6.07, 6.45) is 9.81. The van der Waals surface area contributed by atoms with E-state index in [0.29, 0.717) is 4.90 Å². The molecular formula is C19H22N2O5S. The molecule has 0 unspecified atom stereocenters. The van der Waals surface area contributed by atoms with Crippen LogP contribution < -0.4 is 0 Å². The van der Waals surface area contributed by atoms with Gasteiger partial charge >= 0.3 is 5.97 Å². The minimum atomic E-state index is -0.729. The van der Waals surface area contributed by atoms with Gasteiger partial charge in [0, 0.05) is 17.8 Å². The number of hydrogen-bond donors (Lipinski definition) is 0. The number of nitro groups is 1. The fourth-order valence-electron chi connectivity index (χ4n) is 3.21. The van der Waals surface area contributed by atoms with Gasteiger partial charge in [-0.1, -0.05) is 6.08 Å². The first-order valence-corrected chi connectivity index (χ1v) is 10.2. The van der Waals surface area contributed by atoms with E-state index in [-0.39, 0.29) is 29.8 Å². The lowest BCUT2D eigenvalue weighted by Gasteiger charge is -2.27. The van der Waals surface area contributed by atoms with E-state index in [0.717, 1.165) is 44.2 Å². The maximum atomic E-state index is 12.6. The van der Waals surface area contributed by atoms with Gasteiger partial charge in [-0.15, -0.1) is 11.8 Å². The van der Waals surface area contributed by atoms with Crippen molar-refractivity contribution in [2.75, 3.05) is 12.9 Å². The van der Waals surface area contributed by atoms with Crippen LogP contribution in [-0.4, -0.2) is 40.6 Å². The summed E-state index contributed by atoms with van der Waals surface area (Å²) >= 11 is 1.23. The van der Waals surface area contributed by atoms with Crippen LogP contribution in [-0.2, 0) is 9.53 Å². The van der Waals surface area contributed by atoms with Crippen LogP contribution in [0.25, 0.3) is 0 Å². The number of esters is 1. The van der Waals surface area contributed by atoms with Gasteiger partial charge in [-0.3, -0.25) is 14.9 Å². The largest absolute Gasteiger partial charge is 0.452 e. The molecule has 1 amide bonds. The predicted octanol–water partition coefficient (Wildman–Crippen LogP) is 3.92. The molecule has 0 atom stereocenters. The molecule has 2 aliphatic rings. The van der Waals surface area contributed by atoms with Crippen molar-refractivity contribution in [1.82, 2.24) is 4.90 Å². The quantitative estimate of drug-likeness (QED) is 0.303. The Morgan fingerprint density at radius 1 is 1.33 bits per heavy atom. The molecule has 8 heteroatoms. The van der Waals surface area contributed by atoms with Crippen molar-refractivity contribution in [2.45, 2.75) is 49.5 Å². The third kappa shape index (κ3) is 4.68. The Morgan fingerprint density at radius 3 is 2.70 bits per heavy atom. The van der Waals surface area contributed by atoms with Gasteiger partial charge in [0.2, 0.25) is 0 Å². The van der Waals surface area contributed by atoms with E-state index >= 15 is 0 Å². The molecule has 1 aromatic rings. The molecule has 0 heterocycles. The highest BCUT2D eigenvalue weighted by molar-refractivity contribution is 7.98. The summed E-state index contributed by atoms with van der Waals surface area (Å²) < 4.78 is 5.16. The fraction of sp³-hybridized carbons (Fsp3) is 0.474. The number of carbonyl (C=O) groups is 2. The summed E-state index contributed by atoms with van der Waals surface area (Å²) in [5.41, 5.74) is 0.960. The molecule has 0 aromatic heterocycles. The van der Waals surface area contributed by atoms with Crippen LogP contribution in [0.1, 0.15) is 48.9 Å². The van der Waals surface area contributed by atoms with E-state index in [1.807, 2.05) is 0 Å². The van der Waals surface area contributed by atoms with Crippen LogP contribution in [0.4, 0.5) is 5.69 Å². The topological polar surface area (TPSA) is 89.8 Å². The predicted molar refractivity (Wildman–Crippen MR) is 102 cm³/mol. The number of hydrogen-bond acceptors (Lipinski definition) is 6. The lowest BCUT2D eigenvalue weighted by atomic mass is 10.0. The van der Waals surface area contributed by atoms with Crippen LogP contribution in [0.15, 0.2) is 34.9 Å². The molecule has 3 rings (SSSR count). The van der Waals surface area contributed by atoms with Crippen LogP contribution in [0.5, 0.6) is 0 Å². The smallest absolute Gasteiger partial charge is 0.338 e. The summed E-state index contributed by atoms with van der Waals surface area (Å²) in [5.74, 6) is -0.957. The second kappa shape index (κ2) is 8.56. The lowest BCUT2D eigenvalue weighted by molar-refractivity contribution is -0.387. The van der Waals surface area contributed by atoms with Crippen molar-refractivity contribution in [3.8, 4) is 0 Å². The van der Waals surface area contributed by atoms with E-state index in [2.05, 4.69) is 6.08 Å². The van der Waals surface area contributed by atoms with E-state index in [1.54, 1.807) is 11.2 Å². The third-order valence-corrected chi connectivity index (χ3v) is 5.48. The number of benzene rings is 1. The average molecular weight is 390 g/mol. The monoisotopic (exact) mass is 390 g/mol. The van der Waals surface area contributed by atoms with Crippen molar-refractivity contribution < 1.29 is 19.2 Å². The molecule has 0 spiro atoms. The second-order valence-electron chi connectivity index (χ2n) is 6.66. The van der Waals surface area contributed by atoms with Crippen LogP contribution in [0.3, 0.4) is 0 Å². The first-order chi connectivity index (χ1) is 13.0.